The van der Waals surface area contributed by atoms with Crippen LogP contribution in [-0.4, -0.2) is 40.7 Å². The average Bonchev–Trinajstić information content (AvgIpc) is 2.62. The van der Waals surface area contributed by atoms with Gasteiger partial charge < -0.3 is 4.90 Å². The summed E-state index contributed by atoms with van der Waals surface area (Å²) in [5.74, 6) is -1.30. The Labute approximate surface area is 95.3 Å². The van der Waals surface area contributed by atoms with Gasteiger partial charge in [-0.3, -0.25) is 19.7 Å². The van der Waals surface area contributed by atoms with Crippen molar-refractivity contribution >= 4 is 29.1 Å². The number of nitrogens with zero attached hydrogens (tertiary/aromatic N) is 2. The largest absolute Gasteiger partial charge is 0.319 e. The molecule has 1 N–H and O–H groups in total. The van der Waals surface area contributed by atoms with Crippen LogP contribution in [0.1, 0.15) is 15.5 Å². The van der Waals surface area contributed by atoms with Gasteiger partial charge in [0.25, 0.3) is 5.91 Å². The molecule has 7 heteroatoms. The van der Waals surface area contributed by atoms with E-state index in [1.807, 2.05) is 0 Å². The summed E-state index contributed by atoms with van der Waals surface area (Å²) in [6.07, 6.45) is 0. The summed E-state index contributed by atoms with van der Waals surface area (Å²) < 4.78 is 0. The first kappa shape index (κ1) is 10.7. The Morgan fingerprint density at radius 3 is 2.56 bits per heavy atom. The van der Waals surface area contributed by atoms with E-state index in [2.05, 4.69) is 10.3 Å². The smallest absolute Gasteiger partial charge is 0.274 e. The van der Waals surface area contributed by atoms with E-state index < -0.39 is 11.8 Å². The maximum absolute atomic E-state index is 11.8. The van der Waals surface area contributed by atoms with Gasteiger partial charge in [0.1, 0.15) is 18.8 Å². The fourth-order valence-corrected chi connectivity index (χ4v) is 1.99. The van der Waals surface area contributed by atoms with Crippen LogP contribution in [0.15, 0.2) is 5.38 Å². The first-order valence-corrected chi connectivity index (χ1v) is 5.48. The Kier molecular flexibility index (Phi) is 2.69. The number of amides is 3. The lowest BCUT2D eigenvalue weighted by molar-refractivity contribution is -0.135. The third-order valence-corrected chi connectivity index (χ3v) is 2.85. The van der Waals surface area contributed by atoms with E-state index in [1.54, 1.807) is 12.3 Å². The van der Waals surface area contributed by atoms with Gasteiger partial charge in [-0.2, -0.15) is 0 Å². The average molecular weight is 239 g/mol. The van der Waals surface area contributed by atoms with Crippen LogP contribution in [0.25, 0.3) is 0 Å². The Morgan fingerprint density at radius 1 is 1.44 bits per heavy atom. The zero-order valence-electron chi connectivity index (χ0n) is 8.52. The van der Waals surface area contributed by atoms with Gasteiger partial charge in [-0.05, 0) is 6.92 Å². The topological polar surface area (TPSA) is 79.4 Å². The van der Waals surface area contributed by atoms with Crippen LogP contribution >= 0.6 is 11.3 Å². The summed E-state index contributed by atoms with van der Waals surface area (Å²) >= 11 is 1.35. The fraction of sp³-hybridized carbons (Fsp3) is 0.333. The molecule has 1 aliphatic heterocycles. The zero-order valence-corrected chi connectivity index (χ0v) is 9.34. The molecular formula is C9H9N3O3S. The minimum absolute atomic E-state index is 0.0961. The Bertz CT molecular complexity index is 452. The molecular weight excluding hydrogens is 230 g/mol. The molecule has 2 heterocycles. The third kappa shape index (κ3) is 2.08. The molecule has 1 aliphatic rings. The highest BCUT2D eigenvalue weighted by Gasteiger charge is 2.28. The predicted octanol–water partition coefficient (Wildman–Crippen LogP) is -0.450. The SMILES string of the molecule is Cc1nc(C(=O)N2CC(=O)NC(=O)C2)cs1. The third-order valence-electron chi connectivity index (χ3n) is 2.07. The van der Waals surface area contributed by atoms with Crippen molar-refractivity contribution in [2.45, 2.75) is 6.92 Å². The van der Waals surface area contributed by atoms with Gasteiger partial charge in [-0.15, -0.1) is 11.3 Å². The number of thiazole rings is 1. The second-order valence-electron chi connectivity index (χ2n) is 3.38. The van der Waals surface area contributed by atoms with Gasteiger partial charge in [0.05, 0.1) is 5.01 Å². The summed E-state index contributed by atoms with van der Waals surface area (Å²) in [6.45, 7) is 1.60. The molecule has 2 rings (SSSR count). The number of carbonyl (C=O) groups is 3. The normalized spacial score (nSPS) is 16.2. The molecule has 16 heavy (non-hydrogen) atoms. The molecule has 84 valence electrons. The van der Waals surface area contributed by atoms with Gasteiger partial charge in [-0.25, -0.2) is 4.98 Å². The number of imide groups is 1. The Morgan fingerprint density at radius 2 is 2.06 bits per heavy atom. The van der Waals surface area contributed by atoms with Gasteiger partial charge in [-0.1, -0.05) is 0 Å². The quantitative estimate of drug-likeness (QED) is 0.673. The van der Waals surface area contributed by atoms with Crippen molar-refractivity contribution in [2.24, 2.45) is 0 Å². The van der Waals surface area contributed by atoms with E-state index in [1.165, 1.54) is 16.2 Å². The summed E-state index contributed by atoms with van der Waals surface area (Å²) in [5, 5.41) is 4.53. The molecule has 0 aliphatic carbocycles. The van der Waals surface area contributed by atoms with Gasteiger partial charge in [0.2, 0.25) is 11.8 Å². The lowest BCUT2D eigenvalue weighted by atomic mass is 10.3. The van der Waals surface area contributed by atoms with Crippen molar-refractivity contribution in [1.82, 2.24) is 15.2 Å². The number of nitrogens with one attached hydrogen (secondary N) is 1. The summed E-state index contributed by atoms with van der Waals surface area (Å²) in [4.78, 5) is 39.2. The Balaban J connectivity index is 2.15. The number of piperazine rings is 1. The zero-order chi connectivity index (χ0) is 11.7. The fourth-order valence-electron chi connectivity index (χ4n) is 1.40. The minimum Gasteiger partial charge on any atom is -0.319 e. The molecule has 1 aromatic rings. The van der Waals surface area contributed by atoms with E-state index in [0.29, 0.717) is 0 Å². The second kappa shape index (κ2) is 4.01. The molecule has 6 nitrogen and oxygen atoms in total. The molecule has 3 amide bonds. The van der Waals surface area contributed by atoms with Crippen molar-refractivity contribution in [3.05, 3.63) is 16.1 Å². The summed E-state index contributed by atoms with van der Waals surface area (Å²) in [6, 6.07) is 0. The van der Waals surface area contributed by atoms with Crippen LogP contribution in [0.3, 0.4) is 0 Å². The number of hydrogen-bond acceptors (Lipinski definition) is 5. The molecule has 0 bridgehead atoms. The molecule has 0 radical (unpaired) electrons. The molecule has 0 unspecified atom stereocenters. The van der Waals surface area contributed by atoms with Crippen LogP contribution in [-0.2, 0) is 9.59 Å². The first-order valence-electron chi connectivity index (χ1n) is 4.60. The van der Waals surface area contributed by atoms with Crippen LogP contribution in [0.5, 0.6) is 0 Å². The molecule has 0 saturated carbocycles. The van der Waals surface area contributed by atoms with Crippen molar-refractivity contribution in [2.75, 3.05) is 13.1 Å². The Hall–Kier alpha value is -1.76. The molecule has 1 saturated heterocycles. The van der Waals surface area contributed by atoms with E-state index in [0.717, 1.165) is 5.01 Å². The van der Waals surface area contributed by atoms with E-state index in [-0.39, 0.29) is 24.7 Å². The van der Waals surface area contributed by atoms with E-state index in [4.69, 9.17) is 0 Å². The van der Waals surface area contributed by atoms with Crippen molar-refractivity contribution in [3.8, 4) is 0 Å². The molecule has 0 aromatic carbocycles. The van der Waals surface area contributed by atoms with Crippen molar-refractivity contribution < 1.29 is 14.4 Å². The maximum Gasteiger partial charge on any atom is 0.274 e. The van der Waals surface area contributed by atoms with Crippen LogP contribution in [0.2, 0.25) is 0 Å². The minimum atomic E-state index is -0.462. The van der Waals surface area contributed by atoms with E-state index in [9.17, 15) is 14.4 Å². The number of hydrogen-bond donors (Lipinski definition) is 1. The standard InChI is InChI=1S/C9H9N3O3S/c1-5-10-6(4-16-5)9(15)12-2-7(13)11-8(14)3-12/h4H,2-3H2,1H3,(H,11,13,14). The van der Waals surface area contributed by atoms with Crippen LogP contribution in [0, 0.1) is 6.92 Å². The number of rotatable bonds is 1. The molecule has 0 atom stereocenters. The van der Waals surface area contributed by atoms with Crippen molar-refractivity contribution in [1.29, 1.82) is 0 Å². The highest BCUT2D eigenvalue weighted by molar-refractivity contribution is 7.09. The summed E-state index contributed by atoms with van der Waals surface area (Å²) in [5.41, 5.74) is 0.282. The lowest BCUT2D eigenvalue weighted by Gasteiger charge is -2.24. The van der Waals surface area contributed by atoms with Gasteiger partial charge in [0.15, 0.2) is 0 Å². The first-order chi connectivity index (χ1) is 7.56. The van der Waals surface area contributed by atoms with E-state index >= 15 is 0 Å². The lowest BCUT2D eigenvalue weighted by Crippen LogP contribution is -2.53. The van der Waals surface area contributed by atoms with Crippen molar-refractivity contribution in [3.63, 3.8) is 0 Å². The maximum atomic E-state index is 11.8. The monoisotopic (exact) mass is 239 g/mol. The van der Waals surface area contributed by atoms with Crippen LogP contribution in [0.4, 0.5) is 0 Å². The molecule has 0 spiro atoms. The highest BCUT2D eigenvalue weighted by atomic mass is 32.1. The molecule has 1 aromatic heterocycles. The predicted molar refractivity (Wildman–Crippen MR) is 55.9 cm³/mol. The number of aromatic nitrogens is 1. The highest BCUT2D eigenvalue weighted by Crippen LogP contribution is 2.11. The second-order valence-corrected chi connectivity index (χ2v) is 4.45. The molecule has 1 fully saturated rings. The van der Waals surface area contributed by atoms with Gasteiger partial charge >= 0.3 is 0 Å². The van der Waals surface area contributed by atoms with Gasteiger partial charge in [0, 0.05) is 5.38 Å². The van der Waals surface area contributed by atoms with Crippen LogP contribution < -0.4 is 5.32 Å². The number of carbonyl (C=O) groups excluding carboxylic acids is 3. The summed E-state index contributed by atoms with van der Waals surface area (Å²) in [7, 11) is 0. The number of aryl methyl sites for hydroxylation is 1.